The van der Waals surface area contributed by atoms with Crippen LogP contribution in [-0.2, 0) is 11.3 Å². The monoisotopic (exact) mass is 343 g/mol. The third kappa shape index (κ3) is 3.01. The van der Waals surface area contributed by atoms with Crippen molar-refractivity contribution in [3.8, 4) is 0 Å². The first-order valence-electron chi connectivity index (χ1n) is 8.01. The van der Waals surface area contributed by atoms with Crippen LogP contribution in [0.25, 0.3) is 11.1 Å². The first kappa shape index (κ1) is 15.5. The average Bonchev–Trinajstić information content (AvgIpc) is 3.20. The van der Waals surface area contributed by atoms with E-state index in [9.17, 15) is 8.60 Å². The molecular formula is C19H18FNO2S. The zero-order valence-electron chi connectivity index (χ0n) is 13.1. The van der Waals surface area contributed by atoms with E-state index in [0.29, 0.717) is 11.1 Å². The second-order valence-corrected chi connectivity index (χ2v) is 7.45. The number of nitrogens with one attached hydrogen (secondary N) is 1. The quantitative estimate of drug-likeness (QED) is 0.779. The van der Waals surface area contributed by atoms with E-state index in [-0.39, 0.29) is 5.82 Å². The van der Waals surface area contributed by atoms with E-state index in [1.807, 2.05) is 36.4 Å². The molecule has 0 heterocycles. The van der Waals surface area contributed by atoms with E-state index in [1.165, 1.54) is 36.1 Å². The molecule has 0 saturated heterocycles. The number of benzene rings is 2. The molecule has 2 aliphatic rings. The molecule has 24 heavy (non-hydrogen) atoms. The Bertz CT molecular complexity index is 823. The fourth-order valence-electron chi connectivity index (χ4n) is 3.60. The number of hydrogen-bond donors (Lipinski definition) is 2. The highest BCUT2D eigenvalue weighted by Gasteiger charge is 2.48. The van der Waals surface area contributed by atoms with Crippen molar-refractivity contribution < 1.29 is 13.2 Å². The predicted octanol–water partition coefficient (Wildman–Crippen LogP) is 4.86. The molecule has 0 aromatic heterocycles. The summed E-state index contributed by atoms with van der Waals surface area (Å²) >= 11 is -2.06. The van der Waals surface area contributed by atoms with Crippen LogP contribution in [0.5, 0.6) is 0 Å². The van der Waals surface area contributed by atoms with Crippen molar-refractivity contribution in [2.45, 2.75) is 25.7 Å². The van der Waals surface area contributed by atoms with Crippen LogP contribution in [0.3, 0.4) is 0 Å². The van der Waals surface area contributed by atoms with E-state index in [0.717, 1.165) is 24.0 Å². The van der Waals surface area contributed by atoms with Crippen molar-refractivity contribution in [1.82, 2.24) is 0 Å². The molecule has 2 aromatic carbocycles. The van der Waals surface area contributed by atoms with Crippen molar-refractivity contribution in [3.05, 3.63) is 65.5 Å². The zero-order chi connectivity index (χ0) is 16.7. The van der Waals surface area contributed by atoms with Gasteiger partial charge in [0.1, 0.15) is 5.82 Å². The van der Waals surface area contributed by atoms with Crippen molar-refractivity contribution in [1.29, 1.82) is 0 Å². The Morgan fingerprint density at radius 1 is 0.917 bits per heavy atom. The summed E-state index contributed by atoms with van der Waals surface area (Å²) in [5.74, 6) is -0.215. The minimum atomic E-state index is -2.06. The predicted molar refractivity (Wildman–Crippen MR) is 95.0 cm³/mol. The maximum atomic E-state index is 13.2. The first-order valence-corrected chi connectivity index (χ1v) is 9.11. The molecule has 1 saturated carbocycles. The van der Waals surface area contributed by atoms with Crippen LogP contribution in [0.15, 0.2) is 48.5 Å². The SMILES string of the molecule is O=S(O)Nc1ccc(C2=C(c3ccc(F)cc3)CC3(CC3)C2)cc1. The van der Waals surface area contributed by atoms with Crippen molar-refractivity contribution in [3.63, 3.8) is 0 Å². The van der Waals surface area contributed by atoms with Gasteiger partial charge in [0, 0.05) is 5.69 Å². The highest BCUT2D eigenvalue weighted by Crippen LogP contribution is 2.63. The molecule has 0 amide bonds. The van der Waals surface area contributed by atoms with Gasteiger partial charge in [-0.3, -0.25) is 9.27 Å². The van der Waals surface area contributed by atoms with Gasteiger partial charge in [-0.1, -0.05) is 24.3 Å². The van der Waals surface area contributed by atoms with E-state index >= 15 is 0 Å². The summed E-state index contributed by atoms with van der Waals surface area (Å²) in [4.78, 5) is 0. The standard InChI is InChI=1S/C19H18FNO2S/c20-15-5-1-13(2-6-15)17-11-19(9-10-19)12-18(17)14-3-7-16(8-4-14)21-24(22)23/h1-8,21H,9-12H2,(H,22,23). The highest BCUT2D eigenvalue weighted by molar-refractivity contribution is 7.80. The lowest BCUT2D eigenvalue weighted by Crippen LogP contribution is -2.01. The second-order valence-electron chi connectivity index (χ2n) is 6.75. The number of rotatable bonds is 4. The average molecular weight is 343 g/mol. The van der Waals surface area contributed by atoms with Crippen molar-refractivity contribution in [2.24, 2.45) is 5.41 Å². The fourth-order valence-corrected chi connectivity index (χ4v) is 3.94. The molecule has 2 aliphatic carbocycles. The lowest BCUT2D eigenvalue weighted by Gasteiger charge is -2.09. The van der Waals surface area contributed by atoms with Gasteiger partial charge in [0.05, 0.1) is 0 Å². The largest absolute Gasteiger partial charge is 0.289 e. The Kier molecular flexibility index (Phi) is 3.77. The minimum absolute atomic E-state index is 0.215. The molecule has 5 heteroatoms. The summed E-state index contributed by atoms with van der Waals surface area (Å²) in [5.41, 5.74) is 5.86. The smallest absolute Gasteiger partial charge is 0.259 e. The van der Waals surface area contributed by atoms with Gasteiger partial charge < -0.3 is 0 Å². The molecule has 1 atom stereocenters. The van der Waals surface area contributed by atoms with E-state index in [1.54, 1.807) is 0 Å². The molecule has 2 aromatic rings. The van der Waals surface area contributed by atoms with Crippen LogP contribution in [-0.4, -0.2) is 8.76 Å². The van der Waals surface area contributed by atoms with Gasteiger partial charge in [-0.15, -0.1) is 0 Å². The molecule has 1 spiro atoms. The van der Waals surface area contributed by atoms with Gasteiger partial charge in [-0.25, -0.2) is 8.60 Å². The molecular weight excluding hydrogens is 325 g/mol. The summed E-state index contributed by atoms with van der Waals surface area (Å²) < 4.78 is 35.4. The van der Waals surface area contributed by atoms with Crippen LogP contribution in [0.2, 0.25) is 0 Å². The Morgan fingerprint density at radius 3 is 1.88 bits per heavy atom. The molecule has 1 fully saturated rings. The molecule has 124 valence electrons. The molecule has 2 N–H and O–H groups in total. The van der Waals surface area contributed by atoms with E-state index in [4.69, 9.17) is 4.55 Å². The topological polar surface area (TPSA) is 49.3 Å². The fraction of sp³-hybridized carbons (Fsp3) is 0.263. The van der Waals surface area contributed by atoms with Gasteiger partial charge in [-0.05, 0) is 77.6 Å². The van der Waals surface area contributed by atoms with Gasteiger partial charge in [0.2, 0.25) is 0 Å². The summed E-state index contributed by atoms with van der Waals surface area (Å²) in [6.07, 6.45) is 4.61. The molecule has 0 aliphatic heterocycles. The van der Waals surface area contributed by atoms with Crippen molar-refractivity contribution in [2.75, 3.05) is 4.72 Å². The maximum absolute atomic E-state index is 13.2. The van der Waals surface area contributed by atoms with Gasteiger partial charge in [-0.2, -0.15) is 0 Å². The molecule has 0 bridgehead atoms. The van der Waals surface area contributed by atoms with E-state index < -0.39 is 11.3 Å². The third-order valence-electron chi connectivity index (χ3n) is 5.06. The summed E-state index contributed by atoms with van der Waals surface area (Å²) in [6.45, 7) is 0. The van der Waals surface area contributed by atoms with Crippen LogP contribution in [0, 0.1) is 11.2 Å². The Balaban J connectivity index is 1.70. The minimum Gasteiger partial charge on any atom is -0.289 e. The normalized spacial score (nSPS) is 19.6. The Hall–Kier alpha value is -1.98. The summed E-state index contributed by atoms with van der Waals surface area (Å²) in [5, 5.41) is 0. The van der Waals surface area contributed by atoms with Crippen LogP contribution >= 0.6 is 0 Å². The second kappa shape index (κ2) is 5.83. The zero-order valence-corrected chi connectivity index (χ0v) is 13.9. The number of anilines is 1. The van der Waals surface area contributed by atoms with E-state index in [2.05, 4.69) is 4.72 Å². The van der Waals surface area contributed by atoms with Gasteiger partial charge in [0.25, 0.3) is 11.3 Å². The first-order chi connectivity index (χ1) is 11.5. The molecule has 3 nitrogen and oxygen atoms in total. The molecule has 0 radical (unpaired) electrons. The molecule has 1 unspecified atom stereocenters. The van der Waals surface area contributed by atoms with Crippen LogP contribution in [0.4, 0.5) is 10.1 Å². The highest BCUT2D eigenvalue weighted by atomic mass is 32.2. The van der Waals surface area contributed by atoms with Gasteiger partial charge in [0.15, 0.2) is 0 Å². The lowest BCUT2D eigenvalue weighted by atomic mass is 9.97. The molecule has 4 rings (SSSR count). The Morgan fingerprint density at radius 2 is 1.42 bits per heavy atom. The number of hydrogen-bond acceptors (Lipinski definition) is 1. The number of allylic oxidation sites excluding steroid dienone is 2. The Labute approximate surface area is 143 Å². The third-order valence-corrected chi connectivity index (χ3v) is 5.47. The summed E-state index contributed by atoms with van der Waals surface area (Å²) in [7, 11) is 0. The lowest BCUT2D eigenvalue weighted by molar-refractivity contribution is 0.568. The van der Waals surface area contributed by atoms with Crippen LogP contribution in [0.1, 0.15) is 36.8 Å². The van der Waals surface area contributed by atoms with Gasteiger partial charge >= 0.3 is 0 Å². The summed E-state index contributed by atoms with van der Waals surface area (Å²) in [6, 6.07) is 14.3. The van der Waals surface area contributed by atoms with Crippen LogP contribution < -0.4 is 4.72 Å². The van der Waals surface area contributed by atoms with Crippen molar-refractivity contribution >= 4 is 28.1 Å². The maximum Gasteiger partial charge on any atom is 0.259 e. The number of halogens is 1.